The summed E-state index contributed by atoms with van der Waals surface area (Å²) in [6, 6.07) is 21.0. The minimum atomic E-state index is -0.0112. The Balaban J connectivity index is 1.47. The van der Waals surface area contributed by atoms with E-state index in [-0.39, 0.29) is 11.9 Å². The van der Waals surface area contributed by atoms with Crippen LogP contribution in [0.1, 0.15) is 22.3 Å². The molecule has 1 saturated heterocycles. The Morgan fingerprint density at radius 1 is 0.931 bits per heavy atom. The Labute approximate surface area is 173 Å². The van der Waals surface area contributed by atoms with Gasteiger partial charge in [-0.15, -0.1) is 5.10 Å². The third-order valence-electron chi connectivity index (χ3n) is 5.47. The number of para-hydroxylation sites is 1. The van der Waals surface area contributed by atoms with E-state index in [0.29, 0.717) is 5.82 Å². The van der Waals surface area contributed by atoms with E-state index in [0.717, 1.165) is 36.0 Å². The highest BCUT2D eigenvalue weighted by Gasteiger charge is 2.31. The van der Waals surface area contributed by atoms with Crippen LogP contribution < -0.4 is 4.90 Å². The molecule has 1 N–H and O–H groups in total. The third kappa shape index (κ3) is 3.36. The smallest absolute Gasteiger partial charge is 0.230 e. The highest BCUT2D eigenvalue weighted by molar-refractivity contribution is 7.17. The summed E-state index contributed by atoms with van der Waals surface area (Å²) in [5.74, 6) is 0.871. The topological polar surface area (TPSA) is 56.9 Å². The van der Waals surface area contributed by atoms with Gasteiger partial charge in [-0.1, -0.05) is 59.9 Å². The van der Waals surface area contributed by atoms with Crippen molar-refractivity contribution in [1.29, 1.82) is 0 Å². The van der Waals surface area contributed by atoms with Crippen molar-refractivity contribution in [1.82, 2.24) is 19.5 Å². The van der Waals surface area contributed by atoms with Gasteiger partial charge in [-0.25, -0.2) is 4.98 Å². The standard InChI is InChI=1S/C22H23N5OS/c1-16-23-22-27(24-16)21(28)20(29-22)19(17-8-4-2-5-9-17)26-14-12-25(13-15-26)18-10-6-3-7-11-18/h2-11,19,28H,12-15H2,1H3. The van der Waals surface area contributed by atoms with E-state index in [2.05, 4.69) is 74.5 Å². The van der Waals surface area contributed by atoms with Gasteiger partial charge < -0.3 is 10.0 Å². The van der Waals surface area contributed by atoms with Crippen molar-refractivity contribution in [3.63, 3.8) is 0 Å². The van der Waals surface area contributed by atoms with Gasteiger partial charge in [0.15, 0.2) is 0 Å². The second kappa shape index (κ2) is 7.50. The maximum Gasteiger partial charge on any atom is 0.230 e. The molecule has 0 bridgehead atoms. The van der Waals surface area contributed by atoms with Crippen molar-refractivity contribution < 1.29 is 5.11 Å². The first-order valence-corrected chi connectivity index (χ1v) is 10.7. The molecule has 3 heterocycles. The van der Waals surface area contributed by atoms with Gasteiger partial charge >= 0.3 is 0 Å². The van der Waals surface area contributed by atoms with Crippen molar-refractivity contribution >= 4 is 22.0 Å². The van der Waals surface area contributed by atoms with E-state index >= 15 is 0 Å². The molecule has 1 aliphatic heterocycles. The van der Waals surface area contributed by atoms with E-state index in [1.54, 1.807) is 4.52 Å². The second-order valence-corrected chi connectivity index (χ2v) is 8.32. The minimum Gasteiger partial charge on any atom is -0.492 e. The molecule has 5 rings (SSSR count). The lowest BCUT2D eigenvalue weighted by Crippen LogP contribution is -2.47. The Bertz CT molecular complexity index is 1100. The first kappa shape index (κ1) is 18.1. The fourth-order valence-corrected chi connectivity index (χ4v) is 5.23. The van der Waals surface area contributed by atoms with Gasteiger partial charge in [-0.3, -0.25) is 4.90 Å². The van der Waals surface area contributed by atoms with Gasteiger partial charge in [0.1, 0.15) is 5.82 Å². The van der Waals surface area contributed by atoms with Crippen molar-refractivity contribution in [2.24, 2.45) is 0 Å². The lowest BCUT2D eigenvalue weighted by Gasteiger charge is -2.40. The molecule has 0 aliphatic carbocycles. The van der Waals surface area contributed by atoms with E-state index < -0.39 is 0 Å². The van der Waals surface area contributed by atoms with Gasteiger partial charge in [0.2, 0.25) is 10.8 Å². The summed E-state index contributed by atoms with van der Waals surface area (Å²) >= 11 is 1.52. The second-order valence-electron chi connectivity index (χ2n) is 7.32. The van der Waals surface area contributed by atoms with Crippen LogP contribution in [0.3, 0.4) is 0 Å². The number of nitrogens with zero attached hydrogens (tertiary/aromatic N) is 5. The summed E-state index contributed by atoms with van der Waals surface area (Å²) in [5.41, 5.74) is 2.44. The van der Waals surface area contributed by atoms with Crippen LogP contribution in [0.15, 0.2) is 60.7 Å². The first-order valence-electron chi connectivity index (χ1n) is 9.85. The number of hydrogen-bond donors (Lipinski definition) is 1. The molecular weight excluding hydrogens is 382 g/mol. The van der Waals surface area contributed by atoms with Crippen LogP contribution in [0.2, 0.25) is 0 Å². The number of thiazole rings is 1. The van der Waals surface area contributed by atoms with Crippen molar-refractivity contribution in [3.05, 3.63) is 76.9 Å². The Morgan fingerprint density at radius 2 is 1.59 bits per heavy atom. The van der Waals surface area contributed by atoms with E-state index in [1.165, 1.54) is 22.6 Å². The number of hydrogen-bond acceptors (Lipinski definition) is 6. The highest BCUT2D eigenvalue weighted by Crippen LogP contribution is 2.40. The van der Waals surface area contributed by atoms with Crippen LogP contribution in [0.4, 0.5) is 5.69 Å². The monoisotopic (exact) mass is 405 g/mol. The predicted molar refractivity (Wildman–Crippen MR) is 116 cm³/mol. The lowest BCUT2D eigenvalue weighted by molar-refractivity contribution is 0.211. The molecule has 1 fully saturated rings. The lowest BCUT2D eigenvalue weighted by atomic mass is 10.0. The largest absolute Gasteiger partial charge is 0.492 e. The van der Waals surface area contributed by atoms with Crippen LogP contribution >= 0.6 is 11.3 Å². The molecule has 2 aromatic heterocycles. The number of aryl methyl sites for hydroxylation is 1. The summed E-state index contributed by atoms with van der Waals surface area (Å²) in [6.45, 7) is 5.58. The van der Waals surface area contributed by atoms with Gasteiger partial charge in [0.25, 0.3) is 0 Å². The molecule has 1 aliphatic rings. The van der Waals surface area contributed by atoms with Crippen molar-refractivity contribution in [2.45, 2.75) is 13.0 Å². The zero-order valence-electron chi connectivity index (χ0n) is 16.3. The normalized spacial score (nSPS) is 16.4. The Hall–Kier alpha value is -2.90. The molecule has 1 atom stereocenters. The minimum absolute atomic E-state index is 0.0112. The number of fused-ring (bicyclic) bond motifs is 1. The molecule has 1 unspecified atom stereocenters. The molecule has 0 saturated carbocycles. The molecule has 0 spiro atoms. The molecule has 148 valence electrons. The maximum atomic E-state index is 10.9. The van der Waals surface area contributed by atoms with Crippen LogP contribution in [0.5, 0.6) is 5.88 Å². The summed E-state index contributed by atoms with van der Waals surface area (Å²) in [7, 11) is 0. The van der Waals surface area contributed by atoms with Crippen LogP contribution in [-0.2, 0) is 0 Å². The van der Waals surface area contributed by atoms with Crippen LogP contribution in [-0.4, -0.2) is 50.8 Å². The molecule has 0 amide bonds. The molecule has 4 aromatic rings. The van der Waals surface area contributed by atoms with E-state index in [1.807, 2.05) is 13.0 Å². The number of piperazine rings is 1. The maximum absolute atomic E-state index is 10.9. The zero-order valence-corrected chi connectivity index (χ0v) is 17.1. The number of aromatic nitrogens is 3. The molecule has 7 heteroatoms. The molecule has 0 radical (unpaired) electrons. The quantitative estimate of drug-likeness (QED) is 0.561. The summed E-state index contributed by atoms with van der Waals surface area (Å²) in [5, 5.41) is 15.3. The van der Waals surface area contributed by atoms with Crippen LogP contribution in [0, 0.1) is 6.92 Å². The number of benzene rings is 2. The van der Waals surface area contributed by atoms with E-state index in [9.17, 15) is 5.11 Å². The van der Waals surface area contributed by atoms with Crippen LogP contribution in [0.25, 0.3) is 4.96 Å². The van der Waals surface area contributed by atoms with E-state index in [4.69, 9.17) is 0 Å². The number of anilines is 1. The molecule has 6 nitrogen and oxygen atoms in total. The fourth-order valence-electron chi connectivity index (χ4n) is 4.07. The summed E-state index contributed by atoms with van der Waals surface area (Å²) in [6.07, 6.45) is 0. The van der Waals surface area contributed by atoms with Gasteiger partial charge in [0, 0.05) is 31.9 Å². The fraction of sp³-hybridized carbons (Fsp3) is 0.273. The highest BCUT2D eigenvalue weighted by atomic mass is 32.1. The first-order chi connectivity index (χ1) is 14.2. The summed E-state index contributed by atoms with van der Waals surface area (Å²) in [4.78, 5) is 11.0. The molecular formula is C22H23N5OS. The zero-order chi connectivity index (χ0) is 19.8. The summed E-state index contributed by atoms with van der Waals surface area (Å²) < 4.78 is 1.56. The van der Waals surface area contributed by atoms with Gasteiger partial charge in [0.05, 0.1) is 10.9 Å². The average molecular weight is 406 g/mol. The molecule has 2 aromatic carbocycles. The van der Waals surface area contributed by atoms with Crippen molar-refractivity contribution in [2.75, 3.05) is 31.1 Å². The Morgan fingerprint density at radius 3 is 2.24 bits per heavy atom. The SMILES string of the molecule is Cc1nc2sc(C(c3ccccc3)N3CCN(c4ccccc4)CC3)c(O)n2n1. The Kier molecular flexibility index (Phi) is 4.69. The third-order valence-corrected chi connectivity index (χ3v) is 6.54. The van der Waals surface area contributed by atoms with Crippen molar-refractivity contribution in [3.8, 4) is 5.88 Å². The average Bonchev–Trinajstić information content (AvgIpc) is 3.27. The number of aromatic hydroxyl groups is 1. The van der Waals surface area contributed by atoms with Gasteiger partial charge in [-0.2, -0.15) is 4.52 Å². The predicted octanol–water partition coefficient (Wildman–Crippen LogP) is 3.72. The van der Waals surface area contributed by atoms with Gasteiger partial charge in [-0.05, 0) is 24.6 Å². The molecule has 29 heavy (non-hydrogen) atoms. The number of rotatable bonds is 4.